The van der Waals surface area contributed by atoms with Crippen LogP contribution >= 0.6 is 0 Å². The van der Waals surface area contributed by atoms with Gasteiger partial charge in [0.1, 0.15) is 0 Å². The highest BCUT2D eigenvalue weighted by atomic mass is 16.6. The van der Waals surface area contributed by atoms with Crippen molar-refractivity contribution in [3.05, 3.63) is 45.1 Å². The van der Waals surface area contributed by atoms with Gasteiger partial charge < -0.3 is 15.4 Å². The fraction of sp³-hybridized carbons (Fsp3) is 0.353. The van der Waals surface area contributed by atoms with Crippen LogP contribution in [0.4, 0.5) is 11.4 Å². The van der Waals surface area contributed by atoms with Crippen molar-refractivity contribution in [1.82, 2.24) is 5.32 Å². The van der Waals surface area contributed by atoms with Gasteiger partial charge in [0.2, 0.25) is 11.8 Å². The minimum absolute atomic E-state index is 0.0968. The summed E-state index contributed by atoms with van der Waals surface area (Å²) in [6.45, 7) is 4.92. The number of anilines is 1. The van der Waals surface area contributed by atoms with E-state index in [4.69, 9.17) is 4.74 Å². The molecule has 1 atom stereocenters. The molecule has 2 amide bonds. The number of hydrogen-bond acceptors (Lipinski definition) is 6. The van der Waals surface area contributed by atoms with Crippen molar-refractivity contribution < 1.29 is 24.0 Å². The maximum absolute atomic E-state index is 12.7. The topological polar surface area (TPSA) is 128 Å². The summed E-state index contributed by atoms with van der Waals surface area (Å²) in [4.78, 5) is 46.9. The van der Waals surface area contributed by atoms with Gasteiger partial charge in [-0.25, -0.2) is 4.79 Å². The average molecular weight is 361 g/mol. The van der Waals surface area contributed by atoms with E-state index in [0.29, 0.717) is 11.3 Å². The molecule has 1 aromatic rings. The number of nitro groups is 1. The molecule has 1 unspecified atom stereocenters. The van der Waals surface area contributed by atoms with Crippen LogP contribution < -0.4 is 10.6 Å². The fourth-order valence-corrected chi connectivity index (χ4v) is 2.73. The zero-order valence-electron chi connectivity index (χ0n) is 14.6. The van der Waals surface area contributed by atoms with E-state index in [2.05, 4.69) is 10.6 Å². The number of allylic oxidation sites excluding steroid dienone is 1. The number of nitrogens with one attached hydrogen (secondary N) is 2. The number of amides is 2. The molecule has 0 aliphatic carbocycles. The lowest BCUT2D eigenvalue weighted by molar-refractivity contribution is -0.384. The molecular weight excluding hydrogens is 342 g/mol. The van der Waals surface area contributed by atoms with E-state index in [1.807, 2.05) is 0 Å². The van der Waals surface area contributed by atoms with Crippen molar-refractivity contribution in [1.29, 1.82) is 0 Å². The third kappa shape index (κ3) is 4.05. The SMILES string of the molecule is CCOC(=O)C1=C(C)NC(=O)CC1C(=O)Nc1ccc([N+](=O)[O-])cc1C. The van der Waals surface area contributed by atoms with Crippen LogP contribution in [0.1, 0.15) is 25.8 Å². The normalized spacial score (nSPS) is 16.7. The molecule has 26 heavy (non-hydrogen) atoms. The zero-order valence-corrected chi connectivity index (χ0v) is 14.6. The van der Waals surface area contributed by atoms with Gasteiger partial charge in [-0.05, 0) is 32.4 Å². The van der Waals surface area contributed by atoms with E-state index in [9.17, 15) is 24.5 Å². The van der Waals surface area contributed by atoms with Crippen molar-refractivity contribution in [3.8, 4) is 0 Å². The summed E-state index contributed by atoms with van der Waals surface area (Å²) in [5.74, 6) is -2.60. The smallest absolute Gasteiger partial charge is 0.336 e. The number of nitrogens with zero attached hydrogens (tertiary/aromatic N) is 1. The number of rotatable bonds is 5. The molecular formula is C17H19N3O6. The van der Waals surface area contributed by atoms with Gasteiger partial charge in [0.05, 0.1) is 23.0 Å². The highest BCUT2D eigenvalue weighted by Crippen LogP contribution is 2.27. The molecule has 138 valence electrons. The summed E-state index contributed by atoms with van der Waals surface area (Å²) >= 11 is 0. The van der Waals surface area contributed by atoms with Gasteiger partial charge >= 0.3 is 5.97 Å². The monoisotopic (exact) mass is 361 g/mol. The van der Waals surface area contributed by atoms with Crippen LogP contribution in [0.15, 0.2) is 29.5 Å². The van der Waals surface area contributed by atoms with Gasteiger partial charge in [0, 0.05) is 29.9 Å². The van der Waals surface area contributed by atoms with Gasteiger partial charge in [-0.2, -0.15) is 0 Å². The fourth-order valence-electron chi connectivity index (χ4n) is 2.73. The van der Waals surface area contributed by atoms with E-state index in [1.54, 1.807) is 13.8 Å². The van der Waals surface area contributed by atoms with Gasteiger partial charge in [-0.3, -0.25) is 19.7 Å². The number of benzene rings is 1. The van der Waals surface area contributed by atoms with Crippen LogP contribution in [0.3, 0.4) is 0 Å². The first kappa shape index (κ1) is 19.1. The minimum Gasteiger partial charge on any atom is -0.463 e. The summed E-state index contributed by atoms with van der Waals surface area (Å²) in [6, 6.07) is 4.01. The minimum atomic E-state index is -1.00. The second-order valence-corrected chi connectivity index (χ2v) is 5.81. The van der Waals surface area contributed by atoms with Crippen LogP contribution in [0.25, 0.3) is 0 Å². The molecule has 0 spiro atoms. The quantitative estimate of drug-likeness (QED) is 0.468. The first-order valence-electron chi connectivity index (χ1n) is 7.98. The molecule has 1 aromatic carbocycles. The molecule has 1 aliphatic heterocycles. The number of non-ortho nitro benzene ring substituents is 1. The zero-order chi connectivity index (χ0) is 19.4. The van der Waals surface area contributed by atoms with Crippen molar-refractivity contribution >= 4 is 29.2 Å². The van der Waals surface area contributed by atoms with Crippen molar-refractivity contribution in [2.24, 2.45) is 5.92 Å². The number of aryl methyl sites for hydroxylation is 1. The van der Waals surface area contributed by atoms with Crippen LogP contribution in [0.2, 0.25) is 0 Å². The number of hydrogen-bond donors (Lipinski definition) is 2. The predicted octanol–water partition coefficient (Wildman–Crippen LogP) is 1.81. The molecule has 9 nitrogen and oxygen atoms in total. The number of nitro benzene ring substituents is 1. The molecule has 0 saturated heterocycles. The maximum atomic E-state index is 12.7. The molecule has 0 radical (unpaired) electrons. The Bertz CT molecular complexity index is 815. The van der Waals surface area contributed by atoms with E-state index in [1.165, 1.54) is 25.1 Å². The lowest BCUT2D eigenvalue weighted by atomic mass is 9.89. The van der Waals surface area contributed by atoms with Crippen LogP contribution in [-0.4, -0.2) is 29.3 Å². The first-order valence-corrected chi connectivity index (χ1v) is 7.98. The summed E-state index contributed by atoms with van der Waals surface area (Å²) < 4.78 is 4.98. The third-order valence-electron chi connectivity index (χ3n) is 3.96. The molecule has 0 bridgehead atoms. The highest BCUT2D eigenvalue weighted by molar-refractivity contribution is 6.06. The highest BCUT2D eigenvalue weighted by Gasteiger charge is 2.36. The van der Waals surface area contributed by atoms with Crippen LogP contribution in [-0.2, 0) is 19.1 Å². The predicted molar refractivity (Wildman–Crippen MR) is 92.0 cm³/mol. The summed E-state index contributed by atoms with van der Waals surface area (Å²) in [7, 11) is 0. The number of carbonyl (C=O) groups excluding carboxylic acids is 3. The lowest BCUT2D eigenvalue weighted by Crippen LogP contribution is -2.40. The van der Waals surface area contributed by atoms with Gasteiger partial charge in [-0.1, -0.05) is 0 Å². The third-order valence-corrected chi connectivity index (χ3v) is 3.96. The lowest BCUT2D eigenvalue weighted by Gasteiger charge is -2.25. The Morgan fingerprint density at radius 1 is 1.38 bits per heavy atom. The molecule has 9 heteroatoms. The Hall–Kier alpha value is -3.23. The number of esters is 1. The number of carbonyl (C=O) groups is 3. The Labute approximate surface area is 149 Å². The maximum Gasteiger partial charge on any atom is 0.336 e. The largest absolute Gasteiger partial charge is 0.463 e. The first-order chi connectivity index (χ1) is 12.2. The molecule has 0 saturated carbocycles. The molecule has 2 rings (SSSR count). The Kier molecular flexibility index (Phi) is 5.71. The van der Waals surface area contributed by atoms with E-state index in [-0.39, 0.29) is 35.9 Å². The van der Waals surface area contributed by atoms with E-state index in [0.717, 1.165) is 0 Å². The van der Waals surface area contributed by atoms with Crippen LogP contribution in [0.5, 0.6) is 0 Å². The van der Waals surface area contributed by atoms with E-state index < -0.39 is 22.7 Å². The summed E-state index contributed by atoms with van der Waals surface area (Å²) in [5, 5.41) is 16.0. The second-order valence-electron chi connectivity index (χ2n) is 5.81. The molecule has 1 aliphatic rings. The van der Waals surface area contributed by atoms with Gasteiger partial charge in [0.15, 0.2) is 0 Å². The summed E-state index contributed by atoms with van der Waals surface area (Å²) in [5.41, 5.74) is 1.14. The van der Waals surface area contributed by atoms with Gasteiger partial charge in [-0.15, -0.1) is 0 Å². The van der Waals surface area contributed by atoms with Gasteiger partial charge in [0.25, 0.3) is 5.69 Å². The summed E-state index contributed by atoms with van der Waals surface area (Å²) in [6.07, 6.45) is -0.191. The standard InChI is InChI=1S/C17H19N3O6/c1-4-26-17(23)15-10(3)18-14(21)8-12(15)16(22)19-13-6-5-11(20(24)25)7-9(13)2/h5-7,12H,4,8H2,1-3H3,(H,18,21)(H,19,22). The molecule has 2 N–H and O–H groups in total. The second kappa shape index (κ2) is 7.77. The van der Waals surface area contributed by atoms with Crippen molar-refractivity contribution in [3.63, 3.8) is 0 Å². The molecule has 0 aromatic heterocycles. The van der Waals surface area contributed by atoms with Crippen molar-refractivity contribution in [2.75, 3.05) is 11.9 Å². The molecule has 1 heterocycles. The average Bonchev–Trinajstić information content (AvgIpc) is 2.55. The Morgan fingerprint density at radius 3 is 2.65 bits per heavy atom. The van der Waals surface area contributed by atoms with Crippen LogP contribution in [0, 0.1) is 23.0 Å². The molecule has 0 fully saturated rings. The van der Waals surface area contributed by atoms with E-state index >= 15 is 0 Å². The number of ether oxygens (including phenoxy) is 1. The van der Waals surface area contributed by atoms with Crippen molar-refractivity contribution in [2.45, 2.75) is 27.2 Å². The Morgan fingerprint density at radius 2 is 2.08 bits per heavy atom. The Balaban J connectivity index is 2.29.